The van der Waals surface area contributed by atoms with Crippen molar-refractivity contribution < 1.29 is 9.53 Å². The Bertz CT molecular complexity index is 638. The van der Waals surface area contributed by atoms with Gasteiger partial charge in [0.05, 0.1) is 18.2 Å². The lowest BCUT2D eigenvalue weighted by atomic mass is 9.85. The van der Waals surface area contributed by atoms with Crippen LogP contribution in [0.25, 0.3) is 0 Å². The van der Waals surface area contributed by atoms with E-state index in [2.05, 4.69) is 15.5 Å². The topological polar surface area (TPSA) is 67.0 Å². The quantitative estimate of drug-likeness (QED) is 0.833. The van der Waals surface area contributed by atoms with E-state index in [1.807, 2.05) is 52.0 Å². The number of carbonyl (C=O) groups excluding carboxylic acids is 1. The molecule has 0 saturated heterocycles. The minimum Gasteiger partial charge on any atom is -0.468 e. The molecule has 5 heteroatoms. The number of methoxy groups -OCH3 is 1. The van der Waals surface area contributed by atoms with Crippen LogP contribution < -0.4 is 5.32 Å². The Morgan fingerprint density at radius 3 is 2.41 bits per heavy atom. The maximum atomic E-state index is 11.8. The number of H-pyrrole nitrogens is 1. The summed E-state index contributed by atoms with van der Waals surface area (Å²) in [6.45, 7) is 8.44. The van der Waals surface area contributed by atoms with Gasteiger partial charge in [0.2, 0.25) is 0 Å². The number of nitrogens with one attached hydrogen (secondary N) is 2. The molecule has 0 atom stereocenters. The van der Waals surface area contributed by atoms with Gasteiger partial charge in [-0.3, -0.25) is 9.89 Å². The third-order valence-electron chi connectivity index (χ3n) is 4.05. The number of carbonyl (C=O) groups is 1. The average molecular weight is 301 g/mol. The standard InChI is InChI=1S/C17H23N3O2/c1-11-15(12(2)20-19-11)10-18-14-8-6-13(7-9-14)17(3,4)16(21)22-5/h6-9,18H,10H2,1-5H3,(H,19,20). The van der Waals surface area contributed by atoms with Gasteiger partial charge < -0.3 is 10.1 Å². The molecule has 2 rings (SSSR count). The minimum atomic E-state index is -0.648. The van der Waals surface area contributed by atoms with Gasteiger partial charge in [0.1, 0.15) is 0 Å². The largest absolute Gasteiger partial charge is 0.468 e. The highest BCUT2D eigenvalue weighted by molar-refractivity contribution is 5.82. The molecular formula is C17H23N3O2. The lowest BCUT2D eigenvalue weighted by Crippen LogP contribution is -2.30. The van der Waals surface area contributed by atoms with Gasteiger partial charge in [-0.2, -0.15) is 5.10 Å². The predicted octanol–water partition coefficient (Wildman–Crippen LogP) is 3.09. The van der Waals surface area contributed by atoms with Crippen LogP contribution in [0, 0.1) is 13.8 Å². The Morgan fingerprint density at radius 1 is 1.27 bits per heavy atom. The van der Waals surface area contributed by atoms with E-state index in [4.69, 9.17) is 4.74 Å². The van der Waals surface area contributed by atoms with E-state index < -0.39 is 5.41 Å². The van der Waals surface area contributed by atoms with Crippen LogP contribution >= 0.6 is 0 Å². The molecule has 0 spiro atoms. The second-order valence-corrected chi connectivity index (χ2v) is 5.96. The zero-order valence-electron chi connectivity index (χ0n) is 13.8. The van der Waals surface area contributed by atoms with Crippen LogP contribution in [0.5, 0.6) is 0 Å². The summed E-state index contributed by atoms with van der Waals surface area (Å²) in [6.07, 6.45) is 0. The molecule has 0 unspecified atom stereocenters. The van der Waals surface area contributed by atoms with Crippen molar-refractivity contribution in [3.8, 4) is 0 Å². The molecule has 1 heterocycles. The average Bonchev–Trinajstić information content (AvgIpc) is 2.83. The van der Waals surface area contributed by atoms with E-state index in [0.29, 0.717) is 6.54 Å². The summed E-state index contributed by atoms with van der Waals surface area (Å²) in [5, 5.41) is 10.5. The summed E-state index contributed by atoms with van der Waals surface area (Å²) in [5.41, 5.74) is 4.55. The lowest BCUT2D eigenvalue weighted by Gasteiger charge is -2.22. The number of nitrogens with zero attached hydrogens (tertiary/aromatic N) is 1. The summed E-state index contributed by atoms with van der Waals surface area (Å²) in [4.78, 5) is 11.8. The third kappa shape index (κ3) is 3.13. The number of benzene rings is 1. The van der Waals surface area contributed by atoms with Crippen LogP contribution in [-0.2, 0) is 21.5 Å². The van der Waals surface area contributed by atoms with E-state index in [1.165, 1.54) is 12.7 Å². The Balaban J connectivity index is 2.08. The van der Waals surface area contributed by atoms with Crippen molar-refractivity contribution in [3.63, 3.8) is 0 Å². The van der Waals surface area contributed by atoms with Crippen LogP contribution in [0.1, 0.15) is 36.4 Å². The number of aromatic nitrogens is 2. The highest BCUT2D eigenvalue weighted by Crippen LogP contribution is 2.26. The zero-order chi connectivity index (χ0) is 16.3. The molecule has 1 aromatic heterocycles. The van der Waals surface area contributed by atoms with Gasteiger partial charge >= 0.3 is 5.97 Å². The second-order valence-electron chi connectivity index (χ2n) is 5.96. The Morgan fingerprint density at radius 2 is 1.91 bits per heavy atom. The van der Waals surface area contributed by atoms with E-state index in [-0.39, 0.29) is 5.97 Å². The first-order valence-electron chi connectivity index (χ1n) is 7.29. The fraction of sp³-hybridized carbons (Fsp3) is 0.412. The molecule has 118 valence electrons. The summed E-state index contributed by atoms with van der Waals surface area (Å²) >= 11 is 0. The summed E-state index contributed by atoms with van der Waals surface area (Å²) in [7, 11) is 1.41. The molecule has 0 radical (unpaired) electrons. The van der Waals surface area contributed by atoms with Crippen molar-refractivity contribution >= 4 is 11.7 Å². The molecular weight excluding hydrogens is 278 g/mol. The molecule has 0 amide bonds. The van der Waals surface area contributed by atoms with Crippen LogP contribution in [0.3, 0.4) is 0 Å². The number of hydrogen-bond donors (Lipinski definition) is 2. The van der Waals surface area contributed by atoms with Crippen LogP contribution in [0.4, 0.5) is 5.69 Å². The van der Waals surface area contributed by atoms with E-state index in [1.54, 1.807) is 0 Å². The molecule has 0 bridgehead atoms. The first-order chi connectivity index (χ1) is 10.4. The Hall–Kier alpha value is -2.30. The van der Waals surface area contributed by atoms with Gasteiger partial charge in [0, 0.05) is 23.5 Å². The predicted molar refractivity (Wildman–Crippen MR) is 86.9 cm³/mol. The molecule has 0 aliphatic carbocycles. The molecule has 2 N–H and O–H groups in total. The molecule has 0 saturated carbocycles. The van der Waals surface area contributed by atoms with E-state index >= 15 is 0 Å². The van der Waals surface area contributed by atoms with Crippen LogP contribution in [0.15, 0.2) is 24.3 Å². The van der Waals surface area contributed by atoms with Crippen molar-refractivity contribution in [2.75, 3.05) is 12.4 Å². The van der Waals surface area contributed by atoms with Crippen LogP contribution in [0.2, 0.25) is 0 Å². The fourth-order valence-corrected chi connectivity index (χ4v) is 2.40. The Kier molecular flexibility index (Phi) is 4.54. The Labute approximate surface area is 131 Å². The highest BCUT2D eigenvalue weighted by atomic mass is 16.5. The zero-order valence-corrected chi connectivity index (χ0v) is 13.8. The normalized spacial score (nSPS) is 11.3. The van der Waals surface area contributed by atoms with E-state index in [9.17, 15) is 4.79 Å². The smallest absolute Gasteiger partial charge is 0.315 e. The maximum Gasteiger partial charge on any atom is 0.315 e. The molecule has 0 fully saturated rings. The van der Waals surface area contributed by atoms with Gasteiger partial charge in [-0.05, 0) is 45.4 Å². The molecule has 0 aliphatic heterocycles. The fourth-order valence-electron chi connectivity index (χ4n) is 2.40. The summed E-state index contributed by atoms with van der Waals surface area (Å²) in [6, 6.07) is 7.86. The number of esters is 1. The molecule has 2 aromatic rings. The number of ether oxygens (including phenoxy) is 1. The third-order valence-corrected chi connectivity index (χ3v) is 4.05. The monoisotopic (exact) mass is 301 g/mol. The van der Waals surface area contributed by atoms with Gasteiger partial charge in [-0.25, -0.2) is 0 Å². The van der Waals surface area contributed by atoms with Crippen molar-refractivity contribution in [2.24, 2.45) is 0 Å². The van der Waals surface area contributed by atoms with Crippen molar-refractivity contribution in [3.05, 3.63) is 46.8 Å². The van der Waals surface area contributed by atoms with Gasteiger partial charge in [0.15, 0.2) is 0 Å². The van der Waals surface area contributed by atoms with E-state index in [0.717, 1.165) is 22.6 Å². The minimum absolute atomic E-state index is 0.238. The van der Waals surface area contributed by atoms with Gasteiger partial charge in [-0.1, -0.05) is 12.1 Å². The number of anilines is 1. The van der Waals surface area contributed by atoms with Crippen LogP contribution in [-0.4, -0.2) is 23.3 Å². The lowest BCUT2D eigenvalue weighted by molar-refractivity contribution is -0.146. The summed E-state index contributed by atoms with van der Waals surface area (Å²) < 4.78 is 4.86. The number of aromatic amines is 1. The highest BCUT2D eigenvalue weighted by Gasteiger charge is 2.30. The first kappa shape index (κ1) is 16.1. The molecule has 22 heavy (non-hydrogen) atoms. The first-order valence-corrected chi connectivity index (χ1v) is 7.29. The number of hydrogen-bond acceptors (Lipinski definition) is 4. The molecule has 1 aromatic carbocycles. The summed E-state index contributed by atoms with van der Waals surface area (Å²) in [5.74, 6) is -0.238. The maximum absolute atomic E-state index is 11.8. The number of rotatable bonds is 5. The SMILES string of the molecule is COC(=O)C(C)(C)c1ccc(NCc2c(C)n[nH]c2C)cc1. The van der Waals surface area contributed by atoms with Gasteiger partial charge in [0.25, 0.3) is 0 Å². The second kappa shape index (κ2) is 6.22. The number of aryl methyl sites for hydroxylation is 2. The van der Waals surface area contributed by atoms with Gasteiger partial charge in [-0.15, -0.1) is 0 Å². The van der Waals surface area contributed by atoms with Crippen molar-refractivity contribution in [1.29, 1.82) is 0 Å². The molecule has 0 aliphatic rings. The van der Waals surface area contributed by atoms with Crippen molar-refractivity contribution in [1.82, 2.24) is 10.2 Å². The molecule has 5 nitrogen and oxygen atoms in total. The van der Waals surface area contributed by atoms with Crippen molar-refractivity contribution in [2.45, 2.75) is 39.7 Å².